The Kier molecular flexibility index (Phi) is 1.26. The molecule has 2 N–H and O–H groups in total. The second-order valence-electron chi connectivity index (χ2n) is 3.60. The minimum atomic E-state index is 0.567. The van der Waals surface area contributed by atoms with Crippen LogP contribution >= 0.6 is 0 Å². The normalized spacial score (nSPS) is 49.7. The summed E-state index contributed by atoms with van der Waals surface area (Å²) in [6.07, 6.45) is 7.06. The second kappa shape index (κ2) is 1.98. The number of hydrogen-bond acceptors (Lipinski definition) is 1. The van der Waals surface area contributed by atoms with Gasteiger partial charge in [0.15, 0.2) is 0 Å². The van der Waals surface area contributed by atoms with Crippen LogP contribution in [0.4, 0.5) is 0 Å². The minimum absolute atomic E-state index is 0.567. The summed E-state index contributed by atoms with van der Waals surface area (Å²) in [6.45, 7) is 0. The van der Waals surface area contributed by atoms with E-state index in [4.69, 9.17) is 5.73 Å². The van der Waals surface area contributed by atoms with Crippen LogP contribution in [0.15, 0.2) is 0 Å². The molecule has 1 nitrogen and oxygen atoms in total. The molecule has 0 unspecified atom stereocenters. The standard InChI is InChI=1S/C8H15N/c9-8-5-4-6-2-1-3-7(6)8/h6-8H,1-5,9H2/t6-,7-,8+/m0/s1. The van der Waals surface area contributed by atoms with E-state index in [1.165, 1.54) is 32.1 Å². The highest BCUT2D eigenvalue weighted by molar-refractivity contribution is 4.91. The molecule has 0 aromatic carbocycles. The Morgan fingerprint density at radius 1 is 1.00 bits per heavy atom. The summed E-state index contributed by atoms with van der Waals surface area (Å²) in [7, 11) is 0. The number of rotatable bonds is 0. The molecule has 3 atom stereocenters. The highest BCUT2D eigenvalue weighted by Gasteiger charge is 2.36. The fraction of sp³-hybridized carbons (Fsp3) is 1.00. The Morgan fingerprint density at radius 2 is 1.89 bits per heavy atom. The third-order valence-electron chi connectivity index (χ3n) is 3.14. The zero-order valence-electron chi connectivity index (χ0n) is 5.84. The van der Waals surface area contributed by atoms with Crippen LogP contribution in [0.5, 0.6) is 0 Å². The van der Waals surface area contributed by atoms with Crippen LogP contribution in [0.1, 0.15) is 32.1 Å². The highest BCUT2D eigenvalue weighted by atomic mass is 14.7. The van der Waals surface area contributed by atoms with Crippen LogP contribution in [0, 0.1) is 11.8 Å². The van der Waals surface area contributed by atoms with Crippen molar-refractivity contribution in [3.63, 3.8) is 0 Å². The van der Waals surface area contributed by atoms with Crippen LogP contribution in [-0.4, -0.2) is 6.04 Å². The molecule has 0 aliphatic heterocycles. The van der Waals surface area contributed by atoms with E-state index >= 15 is 0 Å². The maximum absolute atomic E-state index is 5.92. The van der Waals surface area contributed by atoms with Crippen molar-refractivity contribution in [1.82, 2.24) is 0 Å². The molecule has 2 fully saturated rings. The number of fused-ring (bicyclic) bond motifs is 1. The van der Waals surface area contributed by atoms with Gasteiger partial charge in [0.25, 0.3) is 0 Å². The summed E-state index contributed by atoms with van der Waals surface area (Å²) in [6, 6.07) is 0.567. The average Bonchev–Trinajstić information content (AvgIpc) is 2.35. The predicted molar refractivity (Wildman–Crippen MR) is 38.0 cm³/mol. The molecule has 2 saturated carbocycles. The third kappa shape index (κ3) is 0.787. The lowest BCUT2D eigenvalue weighted by molar-refractivity contribution is 0.421. The lowest BCUT2D eigenvalue weighted by Gasteiger charge is -2.11. The molecular weight excluding hydrogens is 110 g/mol. The Bertz CT molecular complexity index is 111. The summed E-state index contributed by atoms with van der Waals surface area (Å²) in [5, 5.41) is 0. The van der Waals surface area contributed by atoms with Gasteiger partial charge in [-0.3, -0.25) is 0 Å². The Balaban J connectivity index is 2.07. The monoisotopic (exact) mass is 125 g/mol. The topological polar surface area (TPSA) is 26.0 Å². The van der Waals surface area contributed by atoms with Crippen molar-refractivity contribution in [1.29, 1.82) is 0 Å². The summed E-state index contributed by atoms with van der Waals surface area (Å²) >= 11 is 0. The van der Waals surface area contributed by atoms with Gasteiger partial charge < -0.3 is 5.73 Å². The average molecular weight is 125 g/mol. The molecule has 0 bridgehead atoms. The van der Waals surface area contributed by atoms with Gasteiger partial charge in [-0.1, -0.05) is 12.8 Å². The van der Waals surface area contributed by atoms with E-state index in [1.807, 2.05) is 0 Å². The van der Waals surface area contributed by atoms with Gasteiger partial charge in [0.2, 0.25) is 0 Å². The van der Waals surface area contributed by atoms with Gasteiger partial charge in [-0.2, -0.15) is 0 Å². The lowest BCUT2D eigenvalue weighted by atomic mass is 9.98. The van der Waals surface area contributed by atoms with Crippen molar-refractivity contribution >= 4 is 0 Å². The molecule has 9 heavy (non-hydrogen) atoms. The van der Waals surface area contributed by atoms with Gasteiger partial charge in [-0.25, -0.2) is 0 Å². The van der Waals surface area contributed by atoms with Gasteiger partial charge in [0.05, 0.1) is 0 Å². The molecule has 0 spiro atoms. The fourth-order valence-corrected chi connectivity index (χ4v) is 2.61. The van der Waals surface area contributed by atoms with Crippen molar-refractivity contribution in [2.45, 2.75) is 38.1 Å². The summed E-state index contributed by atoms with van der Waals surface area (Å²) in [4.78, 5) is 0. The molecule has 0 amide bonds. The highest BCUT2D eigenvalue weighted by Crippen LogP contribution is 2.42. The SMILES string of the molecule is N[C@@H]1CC[C@@H]2CCC[C@@H]21. The van der Waals surface area contributed by atoms with E-state index in [0.717, 1.165) is 11.8 Å². The first kappa shape index (κ1) is 5.72. The maximum atomic E-state index is 5.92. The van der Waals surface area contributed by atoms with Crippen LogP contribution in [0.2, 0.25) is 0 Å². The van der Waals surface area contributed by atoms with Crippen LogP contribution < -0.4 is 5.73 Å². The third-order valence-corrected chi connectivity index (χ3v) is 3.14. The molecular formula is C8H15N. The molecule has 2 aliphatic rings. The van der Waals surface area contributed by atoms with Gasteiger partial charge in [-0.15, -0.1) is 0 Å². The first-order valence-corrected chi connectivity index (χ1v) is 4.13. The molecule has 0 radical (unpaired) electrons. The maximum Gasteiger partial charge on any atom is 0.00699 e. The van der Waals surface area contributed by atoms with Crippen LogP contribution in [-0.2, 0) is 0 Å². The molecule has 0 aromatic rings. The Labute approximate surface area is 56.6 Å². The van der Waals surface area contributed by atoms with Crippen molar-refractivity contribution < 1.29 is 0 Å². The van der Waals surface area contributed by atoms with E-state index < -0.39 is 0 Å². The van der Waals surface area contributed by atoms with Gasteiger partial charge in [0, 0.05) is 6.04 Å². The first-order chi connectivity index (χ1) is 4.38. The largest absolute Gasteiger partial charge is 0.327 e. The smallest absolute Gasteiger partial charge is 0.00699 e. The van der Waals surface area contributed by atoms with E-state index in [1.54, 1.807) is 0 Å². The molecule has 0 heterocycles. The first-order valence-electron chi connectivity index (χ1n) is 4.13. The fourth-order valence-electron chi connectivity index (χ4n) is 2.61. The molecule has 0 aromatic heterocycles. The van der Waals surface area contributed by atoms with E-state index in [2.05, 4.69) is 0 Å². The van der Waals surface area contributed by atoms with Crippen molar-refractivity contribution in [3.05, 3.63) is 0 Å². The summed E-state index contributed by atoms with van der Waals surface area (Å²) < 4.78 is 0. The molecule has 2 aliphatic carbocycles. The zero-order chi connectivity index (χ0) is 6.27. The number of nitrogens with two attached hydrogens (primary N) is 1. The number of hydrogen-bond donors (Lipinski definition) is 1. The van der Waals surface area contributed by atoms with Crippen LogP contribution in [0.3, 0.4) is 0 Å². The summed E-state index contributed by atoms with van der Waals surface area (Å²) in [5.41, 5.74) is 5.92. The summed E-state index contributed by atoms with van der Waals surface area (Å²) in [5.74, 6) is 1.95. The molecule has 1 heteroatoms. The van der Waals surface area contributed by atoms with E-state index in [-0.39, 0.29) is 0 Å². The Hall–Kier alpha value is -0.0400. The van der Waals surface area contributed by atoms with E-state index in [0.29, 0.717) is 6.04 Å². The Morgan fingerprint density at radius 3 is 2.67 bits per heavy atom. The molecule has 2 rings (SSSR count). The van der Waals surface area contributed by atoms with Gasteiger partial charge >= 0.3 is 0 Å². The van der Waals surface area contributed by atoms with Crippen molar-refractivity contribution in [3.8, 4) is 0 Å². The van der Waals surface area contributed by atoms with E-state index in [9.17, 15) is 0 Å². The minimum Gasteiger partial charge on any atom is -0.327 e. The second-order valence-corrected chi connectivity index (χ2v) is 3.60. The quantitative estimate of drug-likeness (QED) is 0.522. The van der Waals surface area contributed by atoms with Crippen molar-refractivity contribution in [2.24, 2.45) is 17.6 Å². The zero-order valence-corrected chi connectivity index (χ0v) is 5.84. The van der Waals surface area contributed by atoms with Gasteiger partial charge in [-0.05, 0) is 31.1 Å². The predicted octanol–water partition coefficient (Wildman–Crippen LogP) is 1.52. The van der Waals surface area contributed by atoms with Gasteiger partial charge in [0.1, 0.15) is 0 Å². The molecule has 0 saturated heterocycles. The van der Waals surface area contributed by atoms with Crippen molar-refractivity contribution in [2.75, 3.05) is 0 Å². The molecule has 52 valence electrons. The lowest BCUT2D eigenvalue weighted by Crippen LogP contribution is -2.24. The van der Waals surface area contributed by atoms with Crippen LogP contribution in [0.25, 0.3) is 0 Å².